The second-order valence-corrected chi connectivity index (χ2v) is 8.35. The Labute approximate surface area is 187 Å². The van der Waals surface area contributed by atoms with E-state index in [-0.39, 0.29) is 30.4 Å². The van der Waals surface area contributed by atoms with Crippen molar-refractivity contribution in [2.45, 2.75) is 44.1 Å². The van der Waals surface area contributed by atoms with Crippen LogP contribution in [-0.4, -0.2) is 71.9 Å². The lowest BCUT2D eigenvalue weighted by molar-refractivity contribution is -0.162. The van der Waals surface area contributed by atoms with Gasteiger partial charge in [0.25, 0.3) is 0 Å². The Bertz CT molecular complexity index is 857. The van der Waals surface area contributed by atoms with Gasteiger partial charge in [0, 0.05) is 51.7 Å². The maximum absolute atomic E-state index is 13.1. The number of nitrogens with two attached hydrogens (primary N) is 1. The summed E-state index contributed by atoms with van der Waals surface area (Å²) in [5.41, 5.74) is 1.85. The number of alkyl halides is 6. The average Bonchev–Trinajstić information content (AvgIpc) is 2.76. The molecule has 3 rings (SSSR count). The van der Waals surface area contributed by atoms with Crippen LogP contribution in [0.4, 0.5) is 31.1 Å². The van der Waals surface area contributed by atoms with Crippen molar-refractivity contribution >= 4 is 11.9 Å². The highest BCUT2D eigenvalue weighted by Crippen LogP contribution is 2.40. The van der Waals surface area contributed by atoms with Gasteiger partial charge >= 0.3 is 18.4 Å². The molecule has 0 spiro atoms. The summed E-state index contributed by atoms with van der Waals surface area (Å²) >= 11 is 0. The molecule has 0 atom stereocenters. The van der Waals surface area contributed by atoms with Crippen LogP contribution in [-0.2, 0) is 23.6 Å². The number of carbonyl (C=O) groups is 2. The first-order valence-corrected chi connectivity index (χ1v) is 10.7. The van der Waals surface area contributed by atoms with E-state index in [1.54, 1.807) is 9.80 Å². The lowest BCUT2D eigenvalue weighted by Gasteiger charge is -2.42. The lowest BCUT2D eigenvalue weighted by atomic mass is 9.99. The summed E-state index contributed by atoms with van der Waals surface area (Å²) in [4.78, 5) is 29.3. The number of aryl methyl sites for hydroxylation is 1. The summed E-state index contributed by atoms with van der Waals surface area (Å²) in [7, 11) is 0. The molecule has 2 aliphatic rings. The molecule has 184 valence electrons. The van der Waals surface area contributed by atoms with Gasteiger partial charge < -0.3 is 15.5 Å². The van der Waals surface area contributed by atoms with E-state index in [1.165, 1.54) is 0 Å². The number of amides is 3. The Hall–Kier alpha value is -2.50. The van der Waals surface area contributed by atoms with Gasteiger partial charge in [-0.05, 0) is 37.0 Å². The molecule has 0 radical (unpaired) electrons. The molecule has 0 saturated carbocycles. The second kappa shape index (κ2) is 9.78. The molecule has 33 heavy (non-hydrogen) atoms. The van der Waals surface area contributed by atoms with Crippen LogP contribution >= 0.6 is 0 Å². The average molecular weight is 480 g/mol. The number of benzene rings is 1. The molecule has 0 aromatic heterocycles. The number of rotatable bonds is 4. The zero-order valence-corrected chi connectivity index (χ0v) is 17.9. The van der Waals surface area contributed by atoms with Crippen molar-refractivity contribution in [3.05, 3.63) is 34.9 Å². The first kappa shape index (κ1) is 25.1. The van der Waals surface area contributed by atoms with Crippen LogP contribution in [0, 0.1) is 0 Å². The fourth-order valence-electron chi connectivity index (χ4n) is 4.43. The van der Waals surface area contributed by atoms with Crippen LogP contribution in [0.5, 0.6) is 0 Å². The molecule has 1 aromatic rings. The van der Waals surface area contributed by atoms with E-state index < -0.39 is 29.5 Å². The van der Waals surface area contributed by atoms with Crippen LogP contribution in [0.15, 0.2) is 18.2 Å². The summed E-state index contributed by atoms with van der Waals surface area (Å²) in [5.74, 6) is -0.236. The topological polar surface area (TPSA) is 69.9 Å². The third-order valence-corrected chi connectivity index (χ3v) is 6.28. The Balaban J connectivity index is 1.51. The molecule has 0 aliphatic carbocycles. The van der Waals surface area contributed by atoms with E-state index in [9.17, 15) is 35.9 Å². The number of piperazine rings is 1. The summed E-state index contributed by atoms with van der Waals surface area (Å²) < 4.78 is 78.0. The van der Waals surface area contributed by atoms with Crippen LogP contribution in [0.1, 0.15) is 36.0 Å². The first-order chi connectivity index (χ1) is 15.4. The molecule has 2 N–H and O–H groups in total. The van der Waals surface area contributed by atoms with Crippen LogP contribution < -0.4 is 5.73 Å². The minimum absolute atomic E-state index is 0.0332. The van der Waals surface area contributed by atoms with Crippen LogP contribution in [0.25, 0.3) is 0 Å². The minimum Gasteiger partial charge on any atom is -0.351 e. The number of primary amides is 1. The zero-order chi connectivity index (χ0) is 24.4. The molecule has 2 aliphatic heterocycles. The van der Waals surface area contributed by atoms with Gasteiger partial charge in [-0.2, -0.15) is 26.3 Å². The van der Waals surface area contributed by atoms with Gasteiger partial charge in [0.1, 0.15) is 0 Å². The van der Waals surface area contributed by atoms with Gasteiger partial charge in [0.2, 0.25) is 5.91 Å². The third-order valence-electron chi connectivity index (χ3n) is 6.28. The van der Waals surface area contributed by atoms with Gasteiger partial charge in [-0.1, -0.05) is 6.07 Å². The smallest absolute Gasteiger partial charge is 0.351 e. The molecule has 0 bridgehead atoms. The summed E-state index contributed by atoms with van der Waals surface area (Å²) in [5, 5.41) is 0. The molecule has 2 saturated heterocycles. The number of halogens is 6. The van der Waals surface area contributed by atoms with Gasteiger partial charge in [0.05, 0.1) is 11.1 Å². The van der Waals surface area contributed by atoms with E-state index in [0.717, 1.165) is 18.9 Å². The summed E-state index contributed by atoms with van der Waals surface area (Å²) in [6.45, 7) is 3.53. The maximum Gasteiger partial charge on any atom is 0.417 e. The van der Waals surface area contributed by atoms with Gasteiger partial charge in [-0.15, -0.1) is 0 Å². The van der Waals surface area contributed by atoms with Crippen molar-refractivity contribution in [3.63, 3.8) is 0 Å². The van der Waals surface area contributed by atoms with Crippen molar-refractivity contribution in [1.82, 2.24) is 14.7 Å². The first-order valence-electron chi connectivity index (χ1n) is 10.7. The van der Waals surface area contributed by atoms with E-state index in [4.69, 9.17) is 5.73 Å². The predicted octanol–water partition coefficient (Wildman–Crippen LogP) is 3.34. The molecule has 3 amide bonds. The molecule has 1 aromatic carbocycles. The van der Waals surface area contributed by atoms with E-state index >= 15 is 0 Å². The Morgan fingerprint density at radius 1 is 0.848 bits per heavy atom. The van der Waals surface area contributed by atoms with Crippen LogP contribution in [0.2, 0.25) is 0 Å². The highest BCUT2D eigenvalue weighted by Gasteiger charge is 2.43. The van der Waals surface area contributed by atoms with Crippen molar-refractivity contribution < 1.29 is 35.9 Å². The maximum atomic E-state index is 13.1. The van der Waals surface area contributed by atoms with Gasteiger partial charge in [-0.25, -0.2) is 4.79 Å². The number of likely N-dealkylation sites (tertiary alicyclic amines) is 1. The standard InChI is InChI=1S/C21H26F6N4O2/c22-20(23,24)16-3-1-14(13-17(16)21(25,26)27)2-4-18(32)30-7-5-15(6-8-30)29-9-11-31(12-10-29)19(28)33/h1,3,13,15H,2,4-12H2,(H2,28,33). The largest absolute Gasteiger partial charge is 0.417 e. The number of hydrogen-bond acceptors (Lipinski definition) is 3. The molecule has 12 heteroatoms. The monoisotopic (exact) mass is 480 g/mol. The highest BCUT2D eigenvalue weighted by molar-refractivity contribution is 5.76. The van der Waals surface area contributed by atoms with Crippen molar-refractivity contribution in [2.75, 3.05) is 39.3 Å². The predicted molar refractivity (Wildman–Crippen MR) is 107 cm³/mol. The van der Waals surface area contributed by atoms with E-state index in [2.05, 4.69) is 4.90 Å². The van der Waals surface area contributed by atoms with E-state index in [0.29, 0.717) is 51.4 Å². The molecule has 2 heterocycles. The Morgan fingerprint density at radius 2 is 1.42 bits per heavy atom. The number of carbonyl (C=O) groups excluding carboxylic acids is 2. The highest BCUT2D eigenvalue weighted by atomic mass is 19.4. The normalized spacial score (nSPS) is 19.1. The van der Waals surface area contributed by atoms with Crippen molar-refractivity contribution in [1.29, 1.82) is 0 Å². The molecule has 2 fully saturated rings. The fraction of sp³-hybridized carbons (Fsp3) is 0.619. The Kier molecular flexibility index (Phi) is 7.45. The minimum atomic E-state index is -5.14. The molecular weight excluding hydrogens is 454 g/mol. The second-order valence-electron chi connectivity index (χ2n) is 8.35. The van der Waals surface area contributed by atoms with E-state index in [1.807, 2.05) is 0 Å². The number of hydrogen-bond donors (Lipinski definition) is 1. The number of nitrogens with zero attached hydrogens (tertiary/aromatic N) is 3. The van der Waals surface area contributed by atoms with Crippen molar-refractivity contribution in [3.8, 4) is 0 Å². The SMILES string of the molecule is NC(=O)N1CCN(C2CCN(C(=O)CCc3ccc(C(F)(F)F)c(C(F)(F)F)c3)CC2)CC1. The lowest BCUT2D eigenvalue weighted by Crippen LogP contribution is -2.55. The zero-order valence-electron chi connectivity index (χ0n) is 17.9. The quantitative estimate of drug-likeness (QED) is 0.673. The summed E-state index contributed by atoms with van der Waals surface area (Å²) in [6.07, 6.45) is -8.94. The Morgan fingerprint density at radius 3 is 1.94 bits per heavy atom. The van der Waals surface area contributed by atoms with Gasteiger partial charge in [0.15, 0.2) is 0 Å². The van der Waals surface area contributed by atoms with Crippen molar-refractivity contribution in [2.24, 2.45) is 5.73 Å². The summed E-state index contributed by atoms with van der Waals surface area (Å²) in [6, 6.07) is 1.72. The number of urea groups is 1. The number of piperidine rings is 1. The van der Waals surface area contributed by atoms with Gasteiger partial charge in [-0.3, -0.25) is 9.69 Å². The fourth-order valence-corrected chi connectivity index (χ4v) is 4.43. The third kappa shape index (κ3) is 6.30. The van der Waals surface area contributed by atoms with Crippen LogP contribution in [0.3, 0.4) is 0 Å². The molecular formula is C21H26F6N4O2. The molecule has 6 nitrogen and oxygen atoms in total. The molecule has 0 unspecified atom stereocenters.